The summed E-state index contributed by atoms with van der Waals surface area (Å²) in [6.45, 7) is 6.90. The Morgan fingerprint density at radius 2 is 2.07 bits per heavy atom. The highest BCUT2D eigenvalue weighted by molar-refractivity contribution is 9.10. The van der Waals surface area contributed by atoms with Gasteiger partial charge in [-0.1, -0.05) is 5.16 Å². The normalized spacial score (nSPS) is 15.7. The molecule has 1 aliphatic heterocycles. The van der Waals surface area contributed by atoms with Crippen molar-refractivity contribution in [2.45, 2.75) is 45.1 Å². The van der Waals surface area contributed by atoms with Gasteiger partial charge in [0.25, 0.3) is 0 Å². The number of anilines is 2. The molecular weight excluding hydrogens is 440 g/mol. The number of likely N-dealkylation sites (tertiary alicyclic amines) is 1. The molecule has 4 rings (SSSR count). The molecule has 1 aliphatic rings. The number of amides is 1. The van der Waals surface area contributed by atoms with Gasteiger partial charge >= 0.3 is 6.09 Å². The van der Waals surface area contributed by atoms with Crippen LogP contribution in [0.2, 0.25) is 0 Å². The molecule has 1 fully saturated rings. The lowest BCUT2D eigenvalue weighted by atomic mass is 9.94. The molecule has 0 atom stereocenters. The number of halogens is 1. The summed E-state index contributed by atoms with van der Waals surface area (Å²) >= 11 is 3.44. The van der Waals surface area contributed by atoms with Crippen LogP contribution in [0.15, 0.2) is 33.8 Å². The number of fused-ring (bicyclic) bond motifs is 1. The molecule has 10 heteroatoms. The molecule has 3 aromatic rings. The maximum absolute atomic E-state index is 12.2. The number of nitrogens with one attached hydrogen (secondary N) is 1. The van der Waals surface area contributed by atoms with Crippen LogP contribution in [-0.2, 0) is 4.74 Å². The van der Waals surface area contributed by atoms with Crippen molar-refractivity contribution in [1.82, 2.24) is 24.4 Å². The van der Waals surface area contributed by atoms with Crippen LogP contribution >= 0.6 is 15.9 Å². The van der Waals surface area contributed by atoms with E-state index in [9.17, 15) is 4.79 Å². The lowest BCUT2D eigenvalue weighted by Crippen LogP contribution is -2.41. The molecule has 0 aliphatic carbocycles. The molecule has 1 saturated heterocycles. The van der Waals surface area contributed by atoms with Gasteiger partial charge in [0.05, 0.1) is 11.9 Å². The number of hydrogen-bond donors (Lipinski definition) is 1. The second-order valence-corrected chi connectivity index (χ2v) is 8.85. The largest absolute Gasteiger partial charge is 0.444 e. The maximum Gasteiger partial charge on any atom is 0.410 e. The quantitative estimate of drug-likeness (QED) is 0.617. The molecule has 154 valence electrons. The fourth-order valence-corrected chi connectivity index (χ4v) is 3.71. The first-order chi connectivity index (χ1) is 13.8. The third kappa shape index (κ3) is 4.36. The summed E-state index contributed by atoms with van der Waals surface area (Å²) < 4.78 is 13.6. The van der Waals surface area contributed by atoms with Crippen molar-refractivity contribution in [3.05, 3.63) is 35.0 Å². The summed E-state index contributed by atoms with van der Waals surface area (Å²) in [5.74, 6) is 1.33. The van der Waals surface area contributed by atoms with E-state index in [2.05, 4.69) is 36.4 Å². The summed E-state index contributed by atoms with van der Waals surface area (Å²) in [4.78, 5) is 22.7. The highest BCUT2D eigenvalue weighted by atomic mass is 79.9. The number of carbonyl (C=O) groups is 1. The van der Waals surface area contributed by atoms with E-state index in [1.807, 2.05) is 37.4 Å². The first-order valence-corrected chi connectivity index (χ1v) is 10.3. The van der Waals surface area contributed by atoms with Crippen LogP contribution < -0.4 is 5.32 Å². The fraction of sp³-hybridized carbons (Fsp3) is 0.474. The zero-order valence-corrected chi connectivity index (χ0v) is 18.1. The SMILES string of the molecule is CC(C)(C)OC(=O)N1CCC(c2cc(Nc3ncc(Br)n4ccnc34)on2)CC1. The van der Waals surface area contributed by atoms with Crippen LogP contribution in [0.3, 0.4) is 0 Å². The molecule has 3 aromatic heterocycles. The van der Waals surface area contributed by atoms with E-state index in [1.54, 1.807) is 17.3 Å². The van der Waals surface area contributed by atoms with Crippen molar-refractivity contribution >= 4 is 39.4 Å². The summed E-state index contributed by atoms with van der Waals surface area (Å²) in [5.41, 5.74) is 1.07. The van der Waals surface area contributed by atoms with Crippen LogP contribution in [-0.4, -0.2) is 49.2 Å². The molecule has 0 aromatic carbocycles. The Balaban J connectivity index is 1.39. The third-order valence-corrected chi connectivity index (χ3v) is 5.30. The van der Waals surface area contributed by atoms with E-state index in [0.29, 0.717) is 30.4 Å². The molecule has 4 heterocycles. The van der Waals surface area contributed by atoms with E-state index in [-0.39, 0.29) is 12.0 Å². The predicted octanol–water partition coefficient (Wildman–Crippen LogP) is 4.34. The van der Waals surface area contributed by atoms with E-state index >= 15 is 0 Å². The van der Waals surface area contributed by atoms with Gasteiger partial charge in [0.1, 0.15) is 10.2 Å². The fourth-order valence-electron chi connectivity index (χ4n) is 3.32. The Kier molecular flexibility index (Phi) is 5.20. The molecule has 0 radical (unpaired) electrons. The lowest BCUT2D eigenvalue weighted by Gasteiger charge is -2.32. The monoisotopic (exact) mass is 462 g/mol. The zero-order chi connectivity index (χ0) is 20.6. The summed E-state index contributed by atoms with van der Waals surface area (Å²) in [6.07, 6.45) is 6.61. The van der Waals surface area contributed by atoms with Gasteiger partial charge in [0.15, 0.2) is 11.5 Å². The zero-order valence-electron chi connectivity index (χ0n) is 16.6. The Morgan fingerprint density at radius 3 is 2.79 bits per heavy atom. The number of nitrogens with zero attached hydrogens (tertiary/aromatic N) is 5. The second kappa shape index (κ2) is 7.66. The lowest BCUT2D eigenvalue weighted by molar-refractivity contribution is 0.0203. The Morgan fingerprint density at radius 1 is 1.31 bits per heavy atom. The second-order valence-electron chi connectivity index (χ2n) is 8.03. The number of ether oxygens (including phenoxy) is 1. The van der Waals surface area contributed by atoms with E-state index < -0.39 is 5.60 Å². The number of hydrogen-bond acceptors (Lipinski definition) is 7. The van der Waals surface area contributed by atoms with Crippen molar-refractivity contribution in [2.75, 3.05) is 18.4 Å². The van der Waals surface area contributed by atoms with Gasteiger partial charge in [0.2, 0.25) is 5.88 Å². The summed E-state index contributed by atoms with van der Waals surface area (Å²) in [7, 11) is 0. The molecule has 0 saturated carbocycles. The van der Waals surface area contributed by atoms with Gasteiger partial charge < -0.3 is 19.5 Å². The average molecular weight is 463 g/mol. The highest BCUT2D eigenvalue weighted by Crippen LogP contribution is 2.30. The van der Waals surface area contributed by atoms with Gasteiger partial charge in [-0.15, -0.1) is 0 Å². The van der Waals surface area contributed by atoms with Crippen molar-refractivity contribution in [1.29, 1.82) is 0 Å². The predicted molar refractivity (Wildman–Crippen MR) is 110 cm³/mol. The molecule has 0 spiro atoms. The van der Waals surface area contributed by atoms with E-state index in [4.69, 9.17) is 9.26 Å². The maximum atomic E-state index is 12.2. The molecule has 1 N–H and O–H groups in total. The van der Waals surface area contributed by atoms with Crippen LogP contribution in [0.5, 0.6) is 0 Å². The van der Waals surface area contributed by atoms with Gasteiger partial charge in [0, 0.05) is 37.5 Å². The number of aromatic nitrogens is 4. The third-order valence-electron chi connectivity index (χ3n) is 4.72. The smallest absolute Gasteiger partial charge is 0.410 e. The number of piperidine rings is 1. The Hall–Kier alpha value is -2.62. The van der Waals surface area contributed by atoms with Crippen molar-refractivity contribution in [3.8, 4) is 0 Å². The molecule has 29 heavy (non-hydrogen) atoms. The minimum absolute atomic E-state index is 0.234. The Labute approximate surface area is 176 Å². The van der Waals surface area contributed by atoms with Gasteiger partial charge in [-0.05, 0) is 49.5 Å². The number of imidazole rings is 1. The molecule has 0 bridgehead atoms. The van der Waals surface area contributed by atoms with Crippen LogP contribution in [0, 0.1) is 0 Å². The standard InChI is InChI=1S/C19H23BrN6O3/c1-19(2,3)28-18(27)25-7-4-12(5-8-25)13-10-15(29-24-13)23-16-17-21-6-9-26(17)14(20)11-22-16/h6,9-12H,4-5,7-8H2,1-3H3,(H,22,23). The van der Waals surface area contributed by atoms with E-state index in [1.165, 1.54) is 0 Å². The molecule has 0 unspecified atom stereocenters. The molecular formula is C19H23BrN6O3. The van der Waals surface area contributed by atoms with Crippen molar-refractivity contribution in [3.63, 3.8) is 0 Å². The van der Waals surface area contributed by atoms with E-state index in [0.717, 1.165) is 23.1 Å². The van der Waals surface area contributed by atoms with Crippen LogP contribution in [0.25, 0.3) is 5.65 Å². The number of carbonyl (C=O) groups excluding carboxylic acids is 1. The molecule has 1 amide bonds. The minimum atomic E-state index is -0.484. The van der Waals surface area contributed by atoms with Gasteiger partial charge in [-0.3, -0.25) is 4.40 Å². The number of rotatable bonds is 3. The minimum Gasteiger partial charge on any atom is -0.444 e. The highest BCUT2D eigenvalue weighted by Gasteiger charge is 2.29. The first kappa shape index (κ1) is 19.7. The topological polar surface area (TPSA) is 97.8 Å². The molecule has 9 nitrogen and oxygen atoms in total. The Bertz CT molecular complexity index is 1020. The first-order valence-electron chi connectivity index (χ1n) is 9.49. The van der Waals surface area contributed by atoms with Crippen LogP contribution in [0.4, 0.5) is 16.5 Å². The van der Waals surface area contributed by atoms with Crippen molar-refractivity contribution < 1.29 is 14.1 Å². The van der Waals surface area contributed by atoms with Crippen molar-refractivity contribution in [2.24, 2.45) is 0 Å². The summed E-state index contributed by atoms with van der Waals surface area (Å²) in [5, 5.41) is 7.36. The van der Waals surface area contributed by atoms with Gasteiger partial charge in [-0.2, -0.15) is 0 Å². The van der Waals surface area contributed by atoms with Crippen LogP contribution in [0.1, 0.15) is 45.2 Å². The van der Waals surface area contributed by atoms with Gasteiger partial charge in [-0.25, -0.2) is 14.8 Å². The average Bonchev–Trinajstić information content (AvgIpc) is 3.33. The summed E-state index contributed by atoms with van der Waals surface area (Å²) in [6, 6.07) is 1.89.